The molecule has 0 saturated carbocycles. The van der Waals surface area contributed by atoms with Crippen LogP contribution in [0, 0.1) is 4.91 Å². The summed E-state index contributed by atoms with van der Waals surface area (Å²) in [6, 6.07) is 0. The van der Waals surface area contributed by atoms with Gasteiger partial charge in [0.15, 0.2) is 0 Å². The largest absolute Gasteiger partial charge is 0.509 e. The normalized spacial score (nSPS) is 23.2. The highest BCUT2D eigenvalue weighted by Crippen LogP contribution is 2.06. The number of amides is 1. The van der Waals surface area contributed by atoms with Crippen LogP contribution >= 0.6 is 0 Å². The minimum atomic E-state index is -1.13. The predicted octanol–water partition coefficient (Wildman–Crippen LogP) is -0.185. The first-order chi connectivity index (χ1) is 4.74. The summed E-state index contributed by atoms with van der Waals surface area (Å²) in [5.74, 6) is -1.02. The Morgan fingerprint density at radius 3 is 2.80 bits per heavy atom. The molecule has 1 fully saturated rings. The van der Waals surface area contributed by atoms with E-state index in [2.05, 4.69) is 14.7 Å². The van der Waals surface area contributed by atoms with Crippen molar-refractivity contribution >= 4 is 12.1 Å². The Balaban J connectivity index is 2.52. The molecule has 0 N–H and O–H groups in total. The van der Waals surface area contributed by atoms with E-state index in [9.17, 15) is 14.5 Å². The summed E-state index contributed by atoms with van der Waals surface area (Å²) in [5, 5.41) is 2.06. The van der Waals surface area contributed by atoms with Gasteiger partial charge in [-0.2, -0.15) is 0 Å². The summed E-state index contributed by atoms with van der Waals surface area (Å²) in [4.78, 5) is 30.0. The van der Waals surface area contributed by atoms with E-state index in [1.54, 1.807) is 0 Å². The molecule has 1 atom stereocenters. The molecule has 0 bridgehead atoms. The standard InChI is InChI=1S/C4H3NO5/c6-3(5-8)2-1-9-4(7)10-2/h2H,1H2. The van der Waals surface area contributed by atoms with Crippen LogP contribution in [-0.4, -0.2) is 24.8 Å². The first kappa shape index (κ1) is 6.66. The van der Waals surface area contributed by atoms with E-state index in [1.165, 1.54) is 0 Å². The Bertz CT molecular complexity index is 188. The zero-order valence-corrected chi connectivity index (χ0v) is 4.77. The fourth-order valence-corrected chi connectivity index (χ4v) is 0.508. The Labute approximate surface area is 55.1 Å². The fourth-order valence-electron chi connectivity index (χ4n) is 0.508. The van der Waals surface area contributed by atoms with Crippen LogP contribution in [0.15, 0.2) is 5.18 Å². The van der Waals surface area contributed by atoms with Crippen molar-refractivity contribution < 1.29 is 19.1 Å². The first-order valence-corrected chi connectivity index (χ1v) is 2.44. The summed E-state index contributed by atoms with van der Waals surface area (Å²) in [6.07, 6.45) is -2.08. The molecule has 1 rings (SSSR count). The lowest BCUT2D eigenvalue weighted by atomic mass is 10.4. The van der Waals surface area contributed by atoms with Gasteiger partial charge in [0.25, 0.3) is 0 Å². The highest BCUT2D eigenvalue weighted by atomic mass is 16.8. The highest BCUT2D eigenvalue weighted by Gasteiger charge is 2.32. The van der Waals surface area contributed by atoms with Gasteiger partial charge in [-0.25, -0.2) is 4.79 Å². The molecule has 10 heavy (non-hydrogen) atoms. The van der Waals surface area contributed by atoms with E-state index in [1.807, 2.05) is 0 Å². The molecule has 6 heteroatoms. The molecule has 1 aliphatic rings. The molecule has 1 saturated heterocycles. The van der Waals surface area contributed by atoms with Gasteiger partial charge in [0.2, 0.25) is 6.10 Å². The lowest BCUT2D eigenvalue weighted by Gasteiger charge is -1.94. The molecule has 6 nitrogen and oxygen atoms in total. The number of carbonyl (C=O) groups is 2. The van der Waals surface area contributed by atoms with Crippen LogP contribution < -0.4 is 0 Å². The van der Waals surface area contributed by atoms with E-state index >= 15 is 0 Å². The summed E-state index contributed by atoms with van der Waals surface area (Å²) in [6.45, 7) is -0.219. The third kappa shape index (κ3) is 1.09. The van der Waals surface area contributed by atoms with Crippen molar-refractivity contribution in [3.63, 3.8) is 0 Å². The van der Waals surface area contributed by atoms with Gasteiger partial charge in [0.05, 0.1) is 0 Å². The van der Waals surface area contributed by atoms with Crippen molar-refractivity contribution in [1.82, 2.24) is 0 Å². The molecule has 1 unspecified atom stereocenters. The Kier molecular flexibility index (Phi) is 1.61. The Hall–Kier alpha value is -1.46. The number of carbonyl (C=O) groups excluding carboxylic acids is 2. The van der Waals surface area contributed by atoms with Crippen molar-refractivity contribution in [1.29, 1.82) is 0 Å². The molecule has 1 amide bonds. The van der Waals surface area contributed by atoms with Crippen molar-refractivity contribution in [3.05, 3.63) is 4.91 Å². The summed E-state index contributed by atoms with van der Waals surface area (Å²) < 4.78 is 8.42. The molecule has 0 aromatic rings. The van der Waals surface area contributed by atoms with Crippen LogP contribution in [0.5, 0.6) is 0 Å². The number of hydrogen-bond acceptors (Lipinski definition) is 5. The lowest BCUT2D eigenvalue weighted by molar-refractivity contribution is -0.124. The average molecular weight is 145 g/mol. The minimum absolute atomic E-state index is 0.219. The van der Waals surface area contributed by atoms with E-state index in [0.29, 0.717) is 0 Å². The maximum Gasteiger partial charge on any atom is 0.509 e. The summed E-state index contributed by atoms with van der Waals surface area (Å²) >= 11 is 0. The average Bonchev–Trinajstić information content (AvgIpc) is 2.34. The molecule has 0 aromatic heterocycles. The SMILES string of the molecule is O=NC(=O)C1COC(=O)O1. The van der Waals surface area contributed by atoms with Crippen molar-refractivity contribution in [2.75, 3.05) is 6.61 Å². The van der Waals surface area contributed by atoms with Crippen molar-refractivity contribution in [2.45, 2.75) is 6.10 Å². The minimum Gasteiger partial charge on any atom is -0.430 e. The van der Waals surface area contributed by atoms with Crippen LogP contribution in [0.1, 0.15) is 0 Å². The topological polar surface area (TPSA) is 82.0 Å². The molecular weight excluding hydrogens is 142 g/mol. The Morgan fingerprint density at radius 1 is 1.70 bits per heavy atom. The summed E-state index contributed by atoms with van der Waals surface area (Å²) in [7, 11) is 0. The van der Waals surface area contributed by atoms with Gasteiger partial charge in [-0.15, -0.1) is 4.91 Å². The second-order valence-electron chi connectivity index (χ2n) is 1.60. The van der Waals surface area contributed by atoms with Crippen LogP contribution in [0.25, 0.3) is 0 Å². The smallest absolute Gasteiger partial charge is 0.430 e. The van der Waals surface area contributed by atoms with E-state index in [0.717, 1.165) is 0 Å². The second kappa shape index (κ2) is 2.42. The van der Waals surface area contributed by atoms with E-state index < -0.39 is 18.2 Å². The van der Waals surface area contributed by atoms with Crippen molar-refractivity contribution in [2.24, 2.45) is 5.18 Å². The van der Waals surface area contributed by atoms with Gasteiger partial charge in [-0.05, 0) is 0 Å². The molecule has 1 aliphatic heterocycles. The molecule has 54 valence electrons. The van der Waals surface area contributed by atoms with Crippen LogP contribution in [-0.2, 0) is 14.3 Å². The second-order valence-corrected chi connectivity index (χ2v) is 1.60. The molecule has 1 heterocycles. The molecule has 0 aromatic carbocycles. The predicted molar refractivity (Wildman–Crippen MR) is 27.0 cm³/mol. The third-order valence-corrected chi connectivity index (χ3v) is 0.956. The number of nitroso groups, excluding NO2 is 1. The number of ether oxygens (including phenoxy) is 2. The van der Waals surface area contributed by atoms with Gasteiger partial charge in [0.1, 0.15) is 6.61 Å². The fraction of sp³-hybridized carbons (Fsp3) is 0.500. The van der Waals surface area contributed by atoms with Gasteiger partial charge >= 0.3 is 12.1 Å². The van der Waals surface area contributed by atoms with Gasteiger partial charge < -0.3 is 9.47 Å². The number of cyclic esters (lactones) is 2. The quantitative estimate of drug-likeness (QED) is 0.377. The maximum atomic E-state index is 10.3. The number of hydrogen-bond donors (Lipinski definition) is 0. The van der Waals surface area contributed by atoms with Gasteiger partial charge in [-0.1, -0.05) is 0 Å². The third-order valence-electron chi connectivity index (χ3n) is 0.956. The maximum absolute atomic E-state index is 10.3. The first-order valence-electron chi connectivity index (χ1n) is 2.44. The molecule has 0 spiro atoms. The summed E-state index contributed by atoms with van der Waals surface area (Å²) in [5.41, 5.74) is 0. The highest BCUT2D eigenvalue weighted by molar-refractivity contribution is 5.84. The Morgan fingerprint density at radius 2 is 2.40 bits per heavy atom. The lowest BCUT2D eigenvalue weighted by Crippen LogP contribution is -2.20. The zero-order chi connectivity index (χ0) is 7.56. The van der Waals surface area contributed by atoms with Crippen molar-refractivity contribution in [3.8, 4) is 0 Å². The molecular formula is C4H3NO5. The monoisotopic (exact) mass is 145 g/mol. The van der Waals surface area contributed by atoms with Crippen LogP contribution in [0.3, 0.4) is 0 Å². The zero-order valence-electron chi connectivity index (χ0n) is 4.77. The molecule has 0 radical (unpaired) electrons. The van der Waals surface area contributed by atoms with Crippen LogP contribution in [0.4, 0.5) is 4.79 Å². The molecule has 0 aliphatic carbocycles. The number of rotatable bonds is 1. The van der Waals surface area contributed by atoms with Gasteiger partial charge in [0, 0.05) is 5.18 Å². The van der Waals surface area contributed by atoms with Gasteiger partial charge in [-0.3, -0.25) is 4.79 Å². The van der Waals surface area contributed by atoms with Crippen LogP contribution in [0.2, 0.25) is 0 Å². The number of nitrogens with zero attached hydrogens (tertiary/aromatic N) is 1. The van der Waals surface area contributed by atoms with E-state index in [-0.39, 0.29) is 6.61 Å². The van der Waals surface area contributed by atoms with E-state index in [4.69, 9.17) is 0 Å².